The van der Waals surface area contributed by atoms with E-state index in [1.165, 1.54) is 25.7 Å². The van der Waals surface area contributed by atoms with E-state index >= 15 is 0 Å². The van der Waals surface area contributed by atoms with Gasteiger partial charge in [-0.25, -0.2) is 0 Å². The Bertz CT molecular complexity index is 389. The molecule has 0 aromatic carbocycles. The predicted octanol–water partition coefficient (Wildman–Crippen LogP) is 4.28. The molecule has 2 saturated carbocycles. The normalized spacial score (nSPS) is 38.9. The number of rotatable bonds is 1. The van der Waals surface area contributed by atoms with Crippen molar-refractivity contribution in [2.75, 3.05) is 0 Å². The highest BCUT2D eigenvalue weighted by Gasteiger charge is 2.65. The molecule has 2 fully saturated rings. The van der Waals surface area contributed by atoms with Gasteiger partial charge in [0, 0.05) is 5.56 Å². The van der Waals surface area contributed by atoms with Crippen LogP contribution in [0.5, 0.6) is 0 Å². The third kappa shape index (κ3) is 1.48. The van der Waals surface area contributed by atoms with Crippen molar-refractivity contribution in [2.24, 2.45) is 11.8 Å². The van der Waals surface area contributed by atoms with Crippen molar-refractivity contribution in [3.05, 3.63) is 19.2 Å². The lowest BCUT2D eigenvalue weighted by atomic mass is 10.0. The van der Waals surface area contributed by atoms with E-state index in [0.717, 1.165) is 13.1 Å². The average Bonchev–Trinajstić information content (AvgIpc) is 2.67. The molecule has 2 aliphatic rings. The van der Waals surface area contributed by atoms with E-state index in [1.54, 1.807) is 11.3 Å². The SMILES string of the molecule is OC1(c2cc(Br)sc2Br)C2CCCCC21. The van der Waals surface area contributed by atoms with Crippen LogP contribution in [0.3, 0.4) is 0 Å². The Balaban J connectivity index is 1.97. The summed E-state index contributed by atoms with van der Waals surface area (Å²) < 4.78 is 2.19. The Morgan fingerprint density at radius 3 is 2.33 bits per heavy atom. The van der Waals surface area contributed by atoms with Crippen molar-refractivity contribution in [1.29, 1.82) is 0 Å². The summed E-state index contributed by atoms with van der Waals surface area (Å²) in [6, 6.07) is 2.08. The van der Waals surface area contributed by atoms with E-state index in [2.05, 4.69) is 37.9 Å². The Hall–Kier alpha value is 0.620. The fourth-order valence-corrected chi connectivity index (χ4v) is 6.11. The van der Waals surface area contributed by atoms with Gasteiger partial charge < -0.3 is 5.11 Å². The first-order valence-corrected chi connectivity index (χ1v) is 7.72. The molecule has 0 bridgehead atoms. The van der Waals surface area contributed by atoms with E-state index < -0.39 is 5.60 Å². The second-order valence-corrected chi connectivity index (χ2v) is 8.31. The maximum Gasteiger partial charge on any atom is 0.0979 e. The van der Waals surface area contributed by atoms with Crippen molar-refractivity contribution >= 4 is 43.2 Å². The van der Waals surface area contributed by atoms with Gasteiger partial charge in [-0.1, -0.05) is 12.8 Å². The number of aliphatic hydroxyl groups is 1. The minimum atomic E-state index is -0.516. The topological polar surface area (TPSA) is 20.2 Å². The Kier molecular flexibility index (Phi) is 2.55. The minimum Gasteiger partial charge on any atom is -0.384 e. The van der Waals surface area contributed by atoms with Crippen LogP contribution in [-0.4, -0.2) is 5.11 Å². The second-order valence-electron chi connectivity index (χ2n) is 4.56. The molecule has 1 aromatic heterocycles. The van der Waals surface area contributed by atoms with Gasteiger partial charge in [0.1, 0.15) is 0 Å². The van der Waals surface area contributed by atoms with Gasteiger partial charge in [0.25, 0.3) is 0 Å². The monoisotopic (exact) mass is 350 g/mol. The lowest BCUT2D eigenvalue weighted by Gasteiger charge is -2.08. The highest BCUT2D eigenvalue weighted by Crippen LogP contribution is 2.66. The van der Waals surface area contributed by atoms with Crippen molar-refractivity contribution in [1.82, 2.24) is 0 Å². The molecule has 82 valence electrons. The van der Waals surface area contributed by atoms with Crippen LogP contribution < -0.4 is 0 Å². The summed E-state index contributed by atoms with van der Waals surface area (Å²) in [4.78, 5) is 0. The van der Waals surface area contributed by atoms with E-state index in [1.807, 2.05) is 0 Å². The number of hydrogen-bond donors (Lipinski definition) is 1. The standard InChI is InChI=1S/C11H12Br2OS/c12-9-5-8(10(13)15-9)11(14)6-3-1-2-4-7(6)11/h5-7,14H,1-4H2. The fourth-order valence-electron chi connectivity index (χ4n) is 3.11. The minimum absolute atomic E-state index is 0.516. The van der Waals surface area contributed by atoms with Crippen LogP contribution in [0.4, 0.5) is 0 Å². The van der Waals surface area contributed by atoms with Crippen LogP contribution in [0, 0.1) is 11.8 Å². The molecule has 0 amide bonds. The number of fused-ring (bicyclic) bond motifs is 1. The first kappa shape index (κ1) is 10.8. The summed E-state index contributed by atoms with van der Waals surface area (Å²) in [7, 11) is 0. The van der Waals surface area contributed by atoms with Crippen LogP contribution in [-0.2, 0) is 5.60 Å². The number of halogens is 2. The van der Waals surface area contributed by atoms with Crippen LogP contribution in [0.1, 0.15) is 31.2 Å². The molecule has 0 spiro atoms. The zero-order valence-corrected chi connectivity index (χ0v) is 12.2. The van der Waals surface area contributed by atoms with Crippen LogP contribution in [0.15, 0.2) is 13.6 Å². The summed E-state index contributed by atoms with van der Waals surface area (Å²) in [6.45, 7) is 0. The number of hydrogen-bond acceptors (Lipinski definition) is 2. The van der Waals surface area contributed by atoms with Crippen LogP contribution >= 0.6 is 43.2 Å². The zero-order valence-electron chi connectivity index (χ0n) is 8.17. The molecule has 0 aliphatic heterocycles. The van der Waals surface area contributed by atoms with Crippen LogP contribution in [0.2, 0.25) is 0 Å². The van der Waals surface area contributed by atoms with E-state index in [9.17, 15) is 5.11 Å². The molecule has 4 heteroatoms. The first-order chi connectivity index (χ1) is 7.14. The summed E-state index contributed by atoms with van der Waals surface area (Å²) in [6.07, 6.45) is 4.96. The van der Waals surface area contributed by atoms with Gasteiger partial charge in [0.05, 0.1) is 13.2 Å². The second kappa shape index (κ2) is 3.56. The Morgan fingerprint density at radius 1 is 1.27 bits per heavy atom. The van der Waals surface area contributed by atoms with Gasteiger partial charge in [-0.05, 0) is 62.6 Å². The van der Waals surface area contributed by atoms with Crippen molar-refractivity contribution in [3.8, 4) is 0 Å². The summed E-state index contributed by atoms with van der Waals surface area (Å²) >= 11 is 8.69. The molecular weight excluding hydrogens is 340 g/mol. The molecule has 0 radical (unpaired) electrons. The van der Waals surface area contributed by atoms with Gasteiger partial charge in [-0.3, -0.25) is 0 Å². The molecular formula is C11H12Br2OS. The molecule has 2 aliphatic carbocycles. The molecule has 0 saturated heterocycles. The zero-order chi connectivity index (χ0) is 10.6. The van der Waals surface area contributed by atoms with Gasteiger partial charge >= 0.3 is 0 Å². The largest absolute Gasteiger partial charge is 0.384 e. The molecule has 3 rings (SSSR count). The highest BCUT2D eigenvalue weighted by molar-refractivity contribution is 9.12. The molecule has 2 atom stereocenters. The molecule has 1 nitrogen and oxygen atoms in total. The third-order valence-electron chi connectivity index (χ3n) is 3.88. The quantitative estimate of drug-likeness (QED) is 0.800. The Morgan fingerprint density at radius 2 is 1.87 bits per heavy atom. The first-order valence-electron chi connectivity index (χ1n) is 5.31. The molecule has 15 heavy (non-hydrogen) atoms. The summed E-state index contributed by atoms with van der Waals surface area (Å²) in [5, 5.41) is 10.7. The van der Waals surface area contributed by atoms with E-state index in [-0.39, 0.29) is 0 Å². The maximum atomic E-state index is 10.7. The van der Waals surface area contributed by atoms with Crippen LogP contribution in [0.25, 0.3) is 0 Å². The molecule has 1 N–H and O–H groups in total. The number of thiophene rings is 1. The van der Waals surface area contributed by atoms with Crippen molar-refractivity contribution in [2.45, 2.75) is 31.3 Å². The summed E-state index contributed by atoms with van der Waals surface area (Å²) in [5.41, 5.74) is 0.592. The highest BCUT2D eigenvalue weighted by atomic mass is 79.9. The smallest absolute Gasteiger partial charge is 0.0979 e. The predicted molar refractivity (Wildman–Crippen MR) is 69.1 cm³/mol. The average molecular weight is 352 g/mol. The third-order valence-corrected chi connectivity index (χ3v) is 6.21. The molecule has 2 unspecified atom stereocenters. The molecule has 1 heterocycles. The molecule has 1 aromatic rings. The van der Waals surface area contributed by atoms with Gasteiger partial charge in [0.2, 0.25) is 0 Å². The lowest BCUT2D eigenvalue weighted by molar-refractivity contribution is 0.118. The van der Waals surface area contributed by atoms with E-state index in [0.29, 0.717) is 11.8 Å². The van der Waals surface area contributed by atoms with Crippen molar-refractivity contribution in [3.63, 3.8) is 0 Å². The maximum absolute atomic E-state index is 10.7. The van der Waals surface area contributed by atoms with Crippen molar-refractivity contribution < 1.29 is 5.11 Å². The Labute approximate surface area is 110 Å². The van der Waals surface area contributed by atoms with Gasteiger partial charge in [0.15, 0.2) is 0 Å². The fraction of sp³-hybridized carbons (Fsp3) is 0.636. The summed E-state index contributed by atoms with van der Waals surface area (Å²) in [5.74, 6) is 1.04. The van der Waals surface area contributed by atoms with Gasteiger partial charge in [-0.2, -0.15) is 0 Å². The van der Waals surface area contributed by atoms with Gasteiger partial charge in [-0.15, -0.1) is 11.3 Å². The van der Waals surface area contributed by atoms with E-state index in [4.69, 9.17) is 0 Å². The lowest BCUT2D eigenvalue weighted by Crippen LogP contribution is -2.09.